The maximum Gasteiger partial charge on any atom is 0.331 e. The normalized spacial score (nSPS) is 34.1. The molecule has 0 radical (unpaired) electrons. The maximum atomic E-state index is 10.8. The Bertz CT molecular complexity index is 347. The molecule has 0 spiro atoms. The summed E-state index contributed by atoms with van der Waals surface area (Å²) >= 11 is 0. The van der Waals surface area contributed by atoms with E-state index in [-0.39, 0.29) is 5.92 Å². The molecule has 2 aliphatic carbocycles. The highest BCUT2D eigenvalue weighted by Crippen LogP contribution is 2.48. The lowest BCUT2D eigenvalue weighted by Crippen LogP contribution is -2.04. The van der Waals surface area contributed by atoms with Crippen LogP contribution in [0.1, 0.15) is 13.3 Å². The highest BCUT2D eigenvalue weighted by Gasteiger charge is 2.37. The first-order chi connectivity index (χ1) is 6.11. The second-order valence-electron chi connectivity index (χ2n) is 3.72. The minimum atomic E-state index is -0.802. The molecule has 2 rings (SSSR count). The number of hydrogen-bond donors (Lipinski definition) is 1. The van der Waals surface area contributed by atoms with Crippen molar-refractivity contribution in [2.24, 2.45) is 11.8 Å². The third kappa shape index (κ3) is 1.05. The summed E-state index contributed by atoms with van der Waals surface area (Å²) in [5, 5.41) is 8.88. The van der Waals surface area contributed by atoms with Crippen LogP contribution in [0.2, 0.25) is 0 Å². The summed E-state index contributed by atoms with van der Waals surface area (Å²) in [7, 11) is 0. The molecule has 1 fully saturated rings. The zero-order chi connectivity index (χ0) is 9.59. The molecule has 0 saturated heterocycles. The highest BCUT2D eigenvalue weighted by atomic mass is 16.4. The molecule has 1 saturated carbocycles. The Morgan fingerprint density at radius 3 is 2.69 bits per heavy atom. The van der Waals surface area contributed by atoms with E-state index in [1.807, 2.05) is 0 Å². The van der Waals surface area contributed by atoms with E-state index < -0.39 is 5.97 Å². The quantitative estimate of drug-likeness (QED) is 0.491. The van der Waals surface area contributed by atoms with Crippen molar-refractivity contribution in [3.05, 3.63) is 35.5 Å². The average molecular weight is 176 g/mol. The summed E-state index contributed by atoms with van der Waals surface area (Å²) in [6.45, 7) is 5.63. The van der Waals surface area contributed by atoms with Crippen LogP contribution < -0.4 is 0 Å². The molecule has 0 aromatic rings. The number of carbonyl (C=O) groups is 1. The van der Waals surface area contributed by atoms with Gasteiger partial charge < -0.3 is 5.11 Å². The molecule has 2 unspecified atom stereocenters. The van der Waals surface area contributed by atoms with Crippen LogP contribution in [-0.4, -0.2) is 11.1 Å². The van der Waals surface area contributed by atoms with Crippen LogP contribution in [0.3, 0.4) is 0 Å². The topological polar surface area (TPSA) is 37.3 Å². The van der Waals surface area contributed by atoms with Gasteiger partial charge in [-0.25, -0.2) is 4.79 Å². The van der Waals surface area contributed by atoms with Crippen molar-refractivity contribution in [2.45, 2.75) is 13.3 Å². The van der Waals surface area contributed by atoms with Crippen LogP contribution in [0.5, 0.6) is 0 Å². The fourth-order valence-electron chi connectivity index (χ4n) is 2.26. The predicted octanol–water partition coefficient (Wildman–Crippen LogP) is 2.15. The molecule has 0 aliphatic heterocycles. The van der Waals surface area contributed by atoms with Crippen molar-refractivity contribution in [3.8, 4) is 0 Å². The fraction of sp³-hybridized carbons (Fsp3) is 0.364. The maximum absolute atomic E-state index is 10.8. The zero-order valence-electron chi connectivity index (χ0n) is 7.58. The number of carboxylic acid groups (broad SMARTS) is 1. The van der Waals surface area contributed by atoms with E-state index >= 15 is 0 Å². The third-order valence-corrected chi connectivity index (χ3v) is 2.95. The molecule has 0 aromatic heterocycles. The van der Waals surface area contributed by atoms with E-state index in [1.54, 1.807) is 6.92 Å². The Kier molecular flexibility index (Phi) is 1.65. The van der Waals surface area contributed by atoms with Gasteiger partial charge in [0.1, 0.15) is 0 Å². The van der Waals surface area contributed by atoms with E-state index in [2.05, 4.69) is 18.7 Å². The van der Waals surface area contributed by atoms with Crippen LogP contribution in [0.25, 0.3) is 0 Å². The molecular formula is C11H12O2. The molecule has 2 atom stereocenters. The van der Waals surface area contributed by atoms with Crippen molar-refractivity contribution in [3.63, 3.8) is 0 Å². The molecule has 0 aromatic carbocycles. The summed E-state index contributed by atoms with van der Waals surface area (Å²) in [5.74, 6) is -0.280. The van der Waals surface area contributed by atoms with Crippen LogP contribution in [0.4, 0.5) is 0 Å². The van der Waals surface area contributed by atoms with Gasteiger partial charge in [-0.15, -0.1) is 0 Å². The lowest BCUT2D eigenvalue weighted by Gasteiger charge is -2.06. The number of rotatable bonds is 1. The summed E-state index contributed by atoms with van der Waals surface area (Å²) in [6.07, 6.45) is 5.10. The largest absolute Gasteiger partial charge is 0.478 e. The SMILES string of the molecule is C=C1CC2C=CC1C2=C(C)C(=O)O. The molecule has 2 nitrogen and oxygen atoms in total. The minimum Gasteiger partial charge on any atom is -0.478 e. The third-order valence-electron chi connectivity index (χ3n) is 2.95. The Labute approximate surface area is 77.3 Å². The first kappa shape index (κ1) is 8.30. The first-order valence-electron chi connectivity index (χ1n) is 4.41. The molecule has 1 N–H and O–H groups in total. The monoisotopic (exact) mass is 176 g/mol. The standard InChI is InChI=1S/C11H12O2/c1-6-5-8-3-4-9(6)10(8)7(2)11(12)13/h3-4,8-9H,1,5H2,2H3,(H,12,13). The van der Waals surface area contributed by atoms with E-state index in [0.717, 1.165) is 17.6 Å². The number of carboxylic acids is 1. The van der Waals surface area contributed by atoms with Crippen LogP contribution in [0.15, 0.2) is 35.5 Å². The van der Waals surface area contributed by atoms with Crippen molar-refractivity contribution in [2.75, 3.05) is 0 Å². The highest BCUT2D eigenvalue weighted by molar-refractivity contribution is 5.87. The smallest absolute Gasteiger partial charge is 0.331 e. The average Bonchev–Trinajstić information content (AvgIpc) is 2.58. The van der Waals surface area contributed by atoms with E-state index in [4.69, 9.17) is 5.11 Å². The summed E-state index contributed by atoms with van der Waals surface area (Å²) in [5.41, 5.74) is 2.71. The van der Waals surface area contributed by atoms with Crippen molar-refractivity contribution in [1.29, 1.82) is 0 Å². The number of hydrogen-bond acceptors (Lipinski definition) is 1. The Morgan fingerprint density at radius 2 is 2.31 bits per heavy atom. The van der Waals surface area contributed by atoms with E-state index in [0.29, 0.717) is 11.5 Å². The second-order valence-corrected chi connectivity index (χ2v) is 3.72. The molecule has 13 heavy (non-hydrogen) atoms. The van der Waals surface area contributed by atoms with Gasteiger partial charge in [-0.3, -0.25) is 0 Å². The lowest BCUT2D eigenvalue weighted by atomic mass is 9.98. The van der Waals surface area contributed by atoms with Crippen LogP contribution >= 0.6 is 0 Å². The molecule has 0 heterocycles. The van der Waals surface area contributed by atoms with Crippen LogP contribution in [0, 0.1) is 11.8 Å². The Balaban J connectivity index is 2.45. The Morgan fingerprint density at radius 1 is 1.62 bits per heavy atom. The summed E-state index contributed by atoms with van der Waals surface area (Å²) < 4.78 is 0. The predicted molar refractivity (Wildman–Crippen MR) is 50.2 cm³/mol. The summed E-state index contributed by atoms with van der Waals surface area (Å²) in [4.78, 5) is 10.8. The number of fused-ring (bicyclic) bond motifs is 2. The second kappa shape index (κ2) is 2.59. The van der Waals surface area contributed by atoms with Gasteiger partial charge in [-0.05, 0) is 18.9 Å². The van der Waals surface area contributed by atoms with Gasteiger partial charge in [0.05, 0.1) is 0 Å². The minimum absolute atomic E-state index is 0.209. The van der Waals surface area contributed by atoms with Gasteiger partial charge >= 0.3 is 5.97 Å². The molecule has 68 valence electrons. The molecule has 2 aliphatic rings. The van der Waals surface area contributed by atoms with E-state index in [1.165, 1.54) is 0 Å². The summed E-state index contributed by atoms with van der Waals surface area (Å²) in [6, 6.07) is 0. The van der Waals surface area contributed by atoms with Crippen molar-refractivity contribution in [1.82, 2.24) is 0 Å². The molecule has 2 heteroatoms. The lowest BCUT2D eigenvalue weighted by molar-refractivity contribution is -0.132. The van der Waals surface area contributed by atoms with Gasteiger partial charge in [-0.2, -0.15) is 0 Å². The first-order valence-corrected chi connectivity index (χ1v) is 4.41. The van der Waals surface area contributed by atoms with Crippen molar-refractivity contribution >= 4 is 5.97 Å². The van der Waals surface area contributed by atoms with Gasteiger partial charge in [0.15, 0.2) is 0 Å². The molecule has 0 amide bonds. The molecular weight excluding hydrogens is 164 g/mol. The number of allylic oxidation sites excluding steroid dienone is 4. The van der Waals surface area contributed by atoms with Gasteiger partial charge in [0.2, 0.25) is 0 Å². The van der Waals surface area contributed by atoms with E-state index in [9.17, 15) is 4.79 Å². The van der Waals surface area contributed by atoms with Gasteiger partial charge in [-0.1, -0.05) is 24.3 Å². The fourth-order valence-corrected chi connectivity index (χ4v) is 2.26. The zero-order valence-corrected chi connectivity index (χ0v) is 7.58. The van der Waals surface area contributed by atoms with Crippen LogP contribution in [-0.2, 0) is 4.79 Å². The Hall–Kier alpha value is -1.31. The molecule has 2 bridgehead atoms. The van der Waals surface area contributed by atoms with Gasteiger partial charge in [0.25, 0.3) is 0 Å². The number of aliphatic carboxylic acids is 1. The van der Waals surface area contributed by atoms with Crippen molar-refractivity contribution < 1.29 is 9.90 Å². The van der Waals surface area contributed by atoms with Gasteiger partial charge in [0, 0.05) is 17.4 Å².